The van der Waals surface area contributed by atoms with Crippen LogP contribution in [0.4, 0.5) is 0 Å². The summed E-state index contributed by atoms with van der Waals surface area (Å²) in [5.41, 5.74) is 2.30. The van der Waals surface area contributed by atoms with Gasteiger partial charge in [0.25, 0.3) is 5.91 Å². The van der Waals surface area contributed by atoms with E-state index in [1.165, 1.54) is 11.3 Å². The Labute approximate surface area is 162 Å². The van der Waals surface area contributed by atoms with E-state index in [0.29, 0.717) is 23.6 Å². The van der Waals surface area contributed by atoms with Gasteiger partial charge in [0.05, 0.1) is 16.8 Å². The van der Waals surface area contributed by atoms with E-state index in [9.17, 15) is 4.79 Å². The molecule has 3 rings (SSSR count). The quantitative estimate of drug-likeness (QED) is 0.601. The minimum Gasteiger partial charge on any atom is -0.494 e. The molecule has 1 amide bonds. The van der Waals surface area contributed by atoms with E-state index in [0.717, 1.165) is 21.7 Å². The van der Waals surface area contributed by atoms with E-state index in [1.54, 1.807) is 12.1 Å². The van der Waals surface area contributed by atoms with Crippen LogP contribution in [0.25, 0.3) is 10.2 Å². The highest BCUT2D eigenvalue weighted by Crippen LogP contribution is 2.23. The van der Waals surface area contributed by atoms with Gasteiger partial charge in [0.15, 0.2) is 10.5 Å². The molecule has 2 heterocycles. The third-order valence-corrected chi connectivity index (χ3v) is 5.15. The molecule has 0 atom stereocenters. The number of carbonyl (C=O) groups is 1. The van der Waals surface area contributed by atoms with Crippen LogP contribution in [0.15, 0.2) is 41.9 Å². The number of thiazole rings is 1. The highest BCUT2D eigenvalue weighted by atomic mass is 32.1. The number of benzene rings is 1. The zero-order valence-corrected chi connectivity index (χ0v) is 16.9. The lowest BCUT2D eigenvalue weighted by Crippen LogP contribution is -2.16. The first-order chi connectivity index (χ1) is 12.9. The fourth-order valence-corrected chi connectivity index (χ4v) is 4.03. The number of nitrogens with zero attached hydrogens (tertiary/aromatic N) is 4. The molecule has 0 bridgehead atoms. The number of ether oxygens (including phenoxy) is 1. The molecule has 0 radical (unpaired) electrons. The Bertz CT molecular complexity index is 1060. The molecule has 0 fully saturated rings. The number of rotatable bonds is 6. The molecule has 142 valence electrons. The molecule has 6 nitrogen and oxygen atoms in total. The van der Waals surface area contributed by atoms with Crippen LogP contribution in [0.5, 0.6) is 5.75 Å². The summed E-state index contributed by atoms with van der Waals surface area (Å²) < 4.78 is 10.4. The molecule has 0 N–H and O–H groups in total. The zero-order valence-electron chi connectivity index (χ0n) is 16.1. The van der Waals surface area contributed by atoms with Gasteiger partial charge in [0.2, 0.25) is 0 Å². The predicted molar refractivity (Wildman–Crippen MR) is 108 cm³/mol. The van der Waals surface area contributed by atoms with Crippen molar-refractivity contribution in [3.63, 3.8) is 0 Å². The van der Waals surface area contributed by atoms with Crippen molar-refractivity contribution in [3.8, 4) is 5.75 Å². The molecule has 0 saturated heterocycles. The number of allylic oxidation sites excluding steroid dienone is 1. The third kappa shape index (κ3) is 3.88. The van der Waals surface area contributed by atoms with Gasteiger partial charge in [-0.2, -0.15) is 10.1 Å². The first-order valence-electron chi connectivity index (χ1n) is 8.96. The first kappa shape index (κ1) is 19.1. The molecule has 0 aliphatic heterocycles. The van der Waals surface area contributed by atoms with Gasteiger partial charge in [0.1, 0.15) is 5.75 Å². The van der Waals surface area contributed by atoms with Crippen molar-refractivity contribution in [2.75, 3.05) is 6.61 Å². The number of carbonyl (C=O) groups excluding carboxylic acids is 1. The predicted octanol–water partition coefficient (Wildman–Crippen LogP) is 4.11. The standard InChI is InChI=1S/C20H24N4O2S/c1-6-10-23-17-9-8-15(26-7-2)12-18(17)27-20(23)21-19(25)16-11-14(5)24(22-16)13(3)4/h6,8-9,11-13H,1,7,10H2,2-5H3. The second-order valence-corrected chi connectivity index (χ2v) is 7.48. The summed E-state index contributed by atoms with van der Waals surface area (Å²) in [5, 5.41) is 4.40. The zero-order chi connectivity index (χ0) is 19.6. The van der Waals surface area contributed by atoms with Gasteiger partial charge in [-0.25, -0.2) is 0 Å². The van der Waals surface area contributed by atoms with Crippen LogP contribution in [0.3, 0.4) is 0 Å². The van der Waals surface area contributed by atoms with Crippen molar-refractivity contribution in [1.29, 1.82) is 0 Å². The lowest BCUT2D eigenvalue weighted by atomic mass is 10.3. The molecule has 0 aliphatic rings. The number of hydrogen-bond donors (Lipinski definition) is 0. The molecular formula is C20H24N4O2S. The Morgan fingerprint density at radius 1 is 1.41 bits per heavy atom. The fourth-order valence-electron chi connectivity index (χ4n) is 2.96. The highest BCUT2D eigenvalue weighted by Gasteiger charge is 2.14. The van der Waals surface area contributed by atoms with Gasteiger partial charge in [0, 0.05) is 18.3 Å². The summed E-state index contributed by atoms with van der Waals surface area (Å²) in [6.45, 7) is 13.0. The van der Waals surface area contributed by atoms with E-state index in [1.807, 2.05) is 55.1 Å². The van der Waals surface area contributed by atoms with Gasteiger partial charge < -0.3 is 9.30 Å². The van der Waals surface area contributed by atoms with Crippen molar-refractivity contribution in [2.45, 2.75) is 40.3 Å². The summed E-state index contributed by atoms with van der Waals surface area (Å²) in [6, 6.07) is 7.87. The Morgan fingerprint density at radius 3 is 2.81 bits per heavy atom. The molecule has 0 spiro atoms. The normalized spacial score (nSPS) is 12.1. The summed E-state index contributed by atoms with van der Waals surface area (Å²) in [6.07, 6.45) is 1.80. The Morgan fingerprint density at radius 2 is 2.19 bits per heavy atom. The molecular weight excluding hydrogens is 360 g/mol. The Kier molecular flexibility index (Phi) is 5.60. The summed E-state index contributed by atoms with van der Waals surface area (Å²) in [5.74, 6) is 0.466. The maximum absolute atomic E-state index is 12.7. The monoisotopic (exact) mass is 384 g/mol. The summed E-state index contributed by atoms with van der Waals surface area (Å²) >= 11 is 1.46. The molecule has 2 aromatic heterocycles. The Balaban J connectivity index is 2.08. The first-order valence-corrected chi connectivity index (χ1v) is 9.78. The number of aryl methyl sites for hydroxylation is 1. The average molecular weight is 385 g/mol. The minimum absolute atomic E-state index is 0.193. The van der Waals surface area contributed by atoms with Gasteiger partial charge in [-0.3, -0.25) is 9.48 Å². The van der Waals surface area contributed by atoms with E-state index < -0.39 is 0 Å². The topological polar surface area (TPSA) is 61.4 Å². The van der Waals surface area contributed by atoms with E-state index in [-0.39, 0.29) is 11.9 Å². The molecule has 1 aromatic carbocycles. The van der Waals surface area contributed by atoms with E-state index in [4.69, 9.17) is 4.74 Å². The fraction of sp³-hybridized carbons (Fsp3) is 0.350. The number of fused-ring (bicyclic) bond motifs is 1. The minimum atomic E-state index is -0.341. The van der Waals surface area contributed by atoms with Crippen LogP contribution in [0, 0.1) is 6.92 Å². The van der Waals surface area contributed by atoms with Crippen LogP contribution in [0.1, 0.15) is 43.0 Å². The van der Waals surface area contributed by atoms with Crippen LogP contribution >= 0.6 is 11.3 Å². The van der Waals surface area contributed by atoms with Crippen molar-refractivity contribution in [1.82, 2.24) is 14.3 Å². The maximum Gasteiger partial charge on any atom is 0.300 e. The molecule has 7 heteroatoms. The SMILES string of the molecule is C=CCn1c(=NC(=O)c2cc(C)n(C(C)C)n2)sc2cc(OCC)ccc21. The van der Waals surface area contributed by atoms with Crippen LogP contribution in [-0.2, 0) is 6.54 Å². The van der Waals surface area contributed by atoms with Gasteiger partial charge in [-0.15, -0.1) is 6.58 Å². The Hall–Kier alpha value is -2.67. The molecule has 3 aromatic rings. The number of aromatic nitrogens is 3. The lowest BCUT2D eigenvalue weighted by Gasteiger charge is -2.06. The van der Waals surface area contributed by atoms with Gasteiger partial charge >= 0.3 is 0 Å². The van der Waals surface area contributed by atoms with Crippen molar-refractivity contribution >= 4 is 27.5 Å². The molecule has 0 saturated carbocycles. The van der Waals surface area contributed by atoms with Crippen molar-refractivity contribution in [3.05, 3.63) is 53.1 Å². The largest absolute Gasteiger partial charge is 0.494 e. The third-order valence-electron chi connectivity index (χ3n) is 4.10. The average Bonchev–Trinajstić information content (AvgIpc) is 3.16. The number of amides is 1. The van der Waals surface area contributed by atoms with Crippen molar-refractivity contribution in [2.24, 2.45) is 4.99 Å². The highest BCUT2D eigenvalue weighted by molar-refractivity contribution is 7.16. The van der Waals surface area contributed by atoms with E-state index >= 15 is 0 Å². The van der Waals surface area contributed by atoms with Gasteiger partial charge in [-0.1, -0.05) is 17.4 Å². The number of hydrogen-bond acceptors (Lipinski definition) is 4. The van der Waals surface area contributed by atoms with Gasteiger partial charge in [-0.05, 0) is 52.0 Å². The van der Waals surface area contributed by atoms with Crippen LogP contribution in [-0.4, -0.2) is 26.9 Å². The second kappa shape index (κ2) is 7.92. The van der Waals surface area contributed by atoms with Crippen LogP contribution < -0.4 is 9.54 Å². The maximum atomic E-state index is 12.7. The van der Waals surface area contributed by atoms with Crippen molar-refractivity contribution < 1.29 is 9.53 Å². The molecule has 27 heavy (non-hydrogen) atoms. The van der Waals surface area contributed by atoms with E-state index in [2.05, 4.69) is 16.7 Å². The van der Waals surface area contributed by atoms with Crippen LogP contribution in [0.2, 0.25) is 0 Å². The second-order valence-electron chi connectivity index (χ2n) is 6.47. The summed E-state index contributed by atoms with van der Waals surface area (Å²) in [7, 11) is 0. The smallest absolute Gasteiger partial charge is 0.300 e. The lowest BCUT2D eigenvalue weighted by molar-refractivity contribution is 0.0992. The summed E-state index contributed by atoms with van der Waals surface area (Å²) in [4.78, 5) is 17.7. The molecule has 0 unspecified atom stereocenters. The molecule has 0 aliphatic carbocycles.